The van der Waals surface area contributed by atoms with Crippen molar-refractivity contribution in [1.82, 2.24) is 5.32 Å². The number of nitrogens with one attached hydrogen (secondary N) is 1. The van der Waals surface area contributed by atoms with Crippen molar-refractivity contribution in [3.63, 3.8) is 0 Å². The van der Waals surface area contributed by atoms with Crippen molar-refractivity contribution in [3.05, 3.63) is 29.8 Å². The van der Waals surface area contributed by atoms with Crippen LogP contribution in [0.4, 0.5) is 5.69 Å². The van der Waals surface area contributed by atoms with Crippen LogP contribution >= 0.6 is 0 Å². The van der Waals surface area contributed by atoms with Gasteiger partial charge < -0.3 is 16.2 Å². The fourth-order valence-corrected chi connectivity index (χ4v) is 1.47. The van der Waals surface area contributed by atoms with E-state index in [-0.39, 0.29) is 5.91 Å². The molecule has 1 aromatic carbocycles. The lowest BCUT2D eigenvalue weighted by atomic mass is 9.83. The Morgan fingerprint density at radius 3 is 2.22 bits per heavy atom. The van der Waals surface area contributed by atoms with E-state index in [9.17, 15) is 9.59 Å². The zero-order valence-corrected chi connectivity index (χ0v) is 10.7. The fraction of sp³-hybridized carbons (Fsp3) is 0.385. The molecule has 0 aromatic heterocycles. The molecule has 0 saturated heterocycles. The molecule has 4 N–H and O–H groups in total. The lowest BCUT2D eigenvalue weighted by Gasteiger charge is -2.25. The Bertz CT molecular complexity index is 452. The van der Waals surface area contributed by atoms with Crippen LogP contribution in [0.15, 0.2) is 24.3 Å². The molecule has 1 atom stereocenters. The summed E-state index contributed by atoms with van der Waals surface area (Å²) in [5.74, 6) is -1.39. The highest BCUT2D eigenvalue weighted by Crippen LogP contribution is 2.24. The van der Waals surface area contributed by atoms with Gasteiger partial charge in [-0.3, -0.25) is 9.59 Å². The van der Waals surface area contributed by atoms with Gasteiger partial charge in [-0.05, 0) is 38.5 Å². The number of aliphatic carboxylic acids is 1. The second-order valence-corrected chi connectivity index (χ2v) is 4.78. The molecular formula is C13H18N2O3. The second-order valence-electron chi connectivity index (χ2n) is 4.78. The van der Waals surface area contributed by atoms with Crippen LogP contribution in [0, 0.1) is 0 Å². The first-order chi connectivity index (χ1) is 8.25. The number of rotatable bonds is 4. The van der Waals surface area contributed by atoms with Crippen molar-refractivity contribution >= 4 is 17.6 Å². The van der Waals surface area contributed by atoms with Crippen LogP contribution in [-0.4, -0.2) is 23.0 Å². The van der Waals surface area contributed by atoms with Gasteiger partial charge >= 0.3 is 5.97 Å². The highest BCUT2D eigenvalue weighted by atomic mass is 16.4. The second kappa shape index (κ2) is 5.08. The summed E-state index contributed by atoms with van der Waals surface area (Å²) < 4.78 is 0. The summed E-state index contributed by atoms with van der Waals surface area (Å²) in [7, 11) is 0. The molecule has 0 aliphatic heterocycles. The lowest BCUT2D eigenvalue weighted by molar-refractivity contribution is -0.142. The molecule has 98 valence electrons. The molecule has 0 unspecified atom stereocenters. The van der Waals surface area contributed by atoms with Gasteiger partial charge in [-0.2, -0.15) is 0 Å². The first-order valence-corrected chi connectivity index (χ1v) is 5.65. The van der Waals surface area contributed by atoms with E-state index in [4.69, 9.17) is 10.8 Å². The summed E-state index contributed by atoms with van der Waals surface area (Å²) in [6.07, 6.45) is 0. The summed E-state index contributed by atoms with van der Waals surface area (Å²) in [6, 6.07) is 6.04. The van der Waals surface area contributed by atoms with E-state index in [1.807, 2.05) is 0 Å². The first-order valence-electron chi connectivity index (χ1n) is 5.65. The first kappa shape index (κ1) is 14.0. The van der Waals surface area contributed by atoms with E-state index in [0.717, 1.165) is 5.56 Å². The number of nitrogens with two attached hydrogens (primary N) is 1. The molecular weight excluding hydrogens is 232 g/mol. The molecule has 0 heterocycles. The van der Waals surface area contributed by atoms with E-state index in [0.29, 0.717) is 5.69 Å². The van der Waals surface area contributed by atoms with Crippen LogP contribution in [-0.2, 0) is 15.0 Å². The molecule has 0 spiro atoms. The van der Waals surface area contributed by atoms with E-state index in [2.05, 4.69) is 5.32 Å². The van der Waals surface area contributed by atoms with Gasteiger partial charge in [0, 0.05) is 5.69 Å². The Morgan fingerprint density at radius 2 is 1.78 bits per heavy atom. The third kappa shape index (κ3) is 3.00. The van der Waals surface area contributed by atoms with Gasteiger partial charge in [0.15, 0.2) is 0 Å². The summed E-state index contributed by atoms with van der Waals surface area (Å²) in [5.41, 5.74) is 6.18. The minimum absolute atomic E-state index is 0.331. The number of carboxylic acids is 1. The molecule has 1 aromatic rings. The predicted molar refractivity (Wildman–Crippen MR) is 69.1 cm³/mol. The van der Waals surface area contributed by atoms with Gasteiger partial charge in [-0.25, -0.2) is 0 Å². The Morgan fingerprint density at radius 1 is 1.28 bits per heavy atom. The average molecular weight is 250 g/mol. The molecule has 0 fully saturated rings. The third-order valence-corrected chi connectivity index (χ3v) is 2.92. The molecule has 0 radical (unpaired) electrons. The zero-order valence-electron chi connectivity index (χ0n) is 10.7. The quantitative estimate of drug-likeness (QED) is 0.698. The van der Waals surface area contributed by atoms with Crippen LogP contribution < -0.4 is 11.1 Å². The van der Waals surface area contributed by atoms with Gasteiger partial charge in [-0.15, -0.1) is 0 Å². The van der Waals surface area contributed by atoms with E-state index in [1.165, 1.54) is 6.92 Å². The maximum Gasteiger partial charge on any atom is 0.325 e. The van der Waals surface area contributed by atoms with Gasteiger partial charge in [0.2, 0.25) is 5.91 Å². The normalized spacial score (nSPS) is 12.8. The molecule has 18 heavy (non-hydrogen) atoms. The number of benzene rings is 1. The maximum atomic E-state index is 12.1. The number of carboxylic acid groups (broad SMARTS) is 1. The molecule has 1 rings (SSSR count). The van der Waals surface area contributed by atoms with Crippen molar-refractivity contribution in [2.75, 3.05) is 5.73 Å². The molecule has 0 aliphatic rings. The van der Waals surface area contributed by atoms with Gasteiger partial charge in [0.05, 0.1) is 5.41 Å². The standard InChI is InChI=1S/C13H18N2O3/c1-8(11(16)17)15-12(18)13(2,3)9-4-6-10(14)7-5-9/h4-8H,14H2,1-3H3,(H,15,18)(H,16,17)/t8-/m0/s1. The molecule has 5 nitrogen and oxygen atoms in total. The fourth-order valence-electron chi connectivity index (χ4n) is 1.47. The molecule has 5 heteroatoms. The Hall–Kier alpha value is -2.04. The van der Waals surface area contributed by atoms with Gasteiger partial charge in [-0.1, -0.05) is 12.1 Å². The number of anilines is 1. The number of carbonyl (C=O) groups is 2. The smallest absolute Gasteiger partial charge is 0.325 e. The highest BCUT2D eigenvalue weighted by Gasteiger charge is 2.31. The number of hydrogen-bond donors (Lipinski definition) is 3. The van der Waals surface area contributed by atoms with Crippen LogP contribution in [0.3, 0.4) is 0 Å². The van der Waals surface area contributed by atoms with Crippen LogP contribution in [0.1, 0.15) is 26.3 Å². The van der Waals surface area contributed by atoms with Crippen LogP contribution in [0.5, 0.6) is 0 Å². The van der Waals surface area contributed by atoms with Crippen molar-refractivity contribution in [3.8, 4) is 0 Å². The summed E-state index contributed by atoms with van der Waals surface area (Å²) >= 11 is 0. The number of amides is 1. The molecule has 0 bridgehead atoms. The molecule has 0 saturated carbocycles. The monoisotopic (exact) mass is 250 g/mol. The maximum absolute atomic E-state index is 12.1. The SMILES string of the molecule is C[C@H](NC(=O)C(C)(C)c1ccc(N)cc1)C(=O)O. The van der Waals surface area contributed by atoms with Crippen LogP contribution in [0.25, 0.3) is 0 Å². The number of carbonyl (C=O) groups excluding carboxylic acids is 1. The minimum Gasteiger partial charge on any atom is -0.480 e. The Labute approximate surface area is 106 Å². The summed E-state index contributed by atoms with van der Waals surface area (Å²) in [4.78, 5) is 22.8. The minimum atomic E-state index is -1.06. The topological polar surface area (TPSA) is 92.4 Å². The predicted octanol–water partition coefficient (Wildman–Crippen LogP) is 1.14. The zero-order chi connectivity index (χ0) is 13.9. The van der Waals surface area contributed by atoms with E-state index < -0.39 is 17.4 Å². The van der Waals surface area contributed by atoms with Gasteiger partial charge in [0.1, 0.15) is 6.04 Å². The highest BCUT2D eigenvalue weighted by molar-refractivity contribution is 5.90. The van der Waals surface area contributed by atoms with Crippen LogP contribution in [0.2, 0.25) is 0 Å². The van der Waals surface area contributed by atoms with E-state index in [1.54, 1.807) is 38.1 Å². The van der Waals surface area contributed by atoms with E-state index >= 15 is 0 Å². The number of hydrogen-bond acceptors (Lipinski definition) is 3. The Balaban J connectivity index is 2.89. The van der Waals surface area contributed by atoms with Crippen molar-refractivity contribution in [1.29, 1.82) is 0 Å². The summed E-state index contributed by atoms with van der Waals surface area (Å²) in [5, 5.41) is 11.2. The van der Waals surface area contributed by atoms with Crippen molar-refractivity contribution in [2.45, 2.75) is 32.2 Å². The Kier molecular flexibility index (Phi) is 3.96. The third-order valence-electron chi connectivity index (χ3n) is 2.92. The van der Waals surface area contributed by atoms with Gasteiger partial charge in [0.25, 0.3) is 0 Å². The largest absolute Gasteiger partial charge is 0.480 e. The molecule has 0 aliphatic carbocycles. The molecule has 1 amide bonds. The number of nitrogen functional groups attached to an aromatic ring is 1. The average Bonchev–Trinajstić information content (AvgIpc) is 2.29. The summed E-state index contributed by atoms with van der Waals surface area (Å²) in [6.45, 7) is 4.91. The van der Waals surface area contributed by atoms with Crippen molar-refractivity contribution < 1.29 is 14.7 Å². The van der Waals surface area contributed by atoms with Crippen molar-refractivity contribution in [2.24, 2.45) is 0 Å². The lowest BCUT2D eigenvalue weighted by Crippen LogP contribution is -2.46.